The number of hydrogen-bond donors (Lipinski definition) is 1. The Bertz CT molecular complexity index is 565. The molecule has 2 aliphatic heterocycles. The van der Waals surface area contributed by atoms with Gasteiger partial charge in [-0.25, -0.2) is 9.97 Å². The van der Waals surface area contributed by atoms with E-state index in [2.05, 4.69) is 9.88 Å². The maximum Gasteiger partial charge on any atom is 0.131 e. The van der Waals surface area contributed by atoms with E-state index in [4.69, 9.17) is 9.72 Å². The van der Waals surface area contributed by atoms with Gasteiger partial charge >= 0.3 is 0 Å². The molecule has 0 aliphatic carbocycles. The number of likely N-dealkylation sites (tertiary alicyclic amines) is 1. The Morgan fingerprint density at radius 2 is 1.92 bits per heavy atom. The van der Waals surface area contributed by atoms with E-state index in [1.165, 1.54) is 0 Å². The van der Waals surface area contributed by atoms with Gasteiger partial charge in [0.1, 0.15) is 11.6 Å². The van der Waals surface area contributed by atoms with Crippen molar-refractivity contribution in [1.29, 1.82) is 0 Å². The number of ether oxygens (including phenoxy) is 1. The van der Waals surface area contributed by atoms with Crippen molar-refractivity contribution in [2.24, 2.45) is 5.92 Å². The first-order chi connectivity index (χ1) is 11.9. The molecule has 1 N–H and O–H groups in total. The van der Waals surface area contributed by atoms with Crippen molar-refractivity contribution < 1.29 is 9.84 Å². The summed E-state index contributed by atoms with van der Waals surface area (Å²) in [4.78, 5) is 13.8. The molecule has 2 aliphatic rings. The van der Waals surface area contributed by atoms with Gasteiger partial charge in [0.2, 0.25) is 0 Å². The lowest BCUT2D eigenvalue weighted by Crippen LogP contribution is -2.49. The van der Waals surface area contributed by atoms with Crippen molar-refractivity contribution in [1.82, 2.24) is 14.9 Å². The first kappa shape index (κ1) is 18.5. The van der Waals surface area contributed by atoms with Gasteiger partial charge < -0.3 is 19.6 Å². The van der Waals surface area contributed by atoms with Crippen molar-refractivity contribution in [2.45, 2.75) is 44.6 Å². The monoisotopic (exact) mass is 348 g/mol. The molecule has 0 radical (unpaired) electrons. The van der Waals surface area contributed by atoms with Crippen molar-refractivity contribution in [3.63, 3.8) is 0 Å². The zero-order chi connectivity index (χ0) is 17.9. The summed E-state index contributed by atoms with van der Waals surface area (Å²) >= 11 is 0. The van der Waals surface area contributed by atoms with E-state index in [0.717, 1.165) is 69.1 Å². The Morgan fingerprint density at radius 3 is 2.56 bits per heavy atom. The van der Waals surface area contributed by atoms with Crippen molar-refractivity contribution >= 4 is 5.82 Å². The summed E-state index contributed by atoms with van der Waals surface area (Å²) in [6, 6.07) is 2.03. The number of nitrogens with zero attached hydrogens (tertiary/aromatic N) is 4. The van der Waals surface area contributed by atoms with Crippen molar-refractivity contribution in [2.75, 3.05) is 51.8 Å². The molecule has 0 unspecified atom stereocenters. The molecule has 0 aromatic carbocycles. The Hall–Kier alpha value is -1.24. The number of hydrogen-bond acceptors (Lipinski definition) is 6. The highest BCUT2D eigenvalue weighted by molar-refractivity contribution is 5.37. The van der Waals surface area contributed by atoms with Crippen LogP contribution in [-0.2, 0) is 11.2 Å². The van der Waals surface area contributed by atoms with E-state index in [9.17, 15) is 5.11 Å². The van der Waals surface area contributed by atoms with Gasteiger partial charge in [-0.05, 0) is 38.8 Å². The molecule has 2 fully saturated rings. The van der Waals surface area contributed by atoms with Crippen LogP contribution in [0.5, 0.6) is 0 Å². The van der Waals surface area contributed by atoms with Crippen LogP contribution in [0.25, 0.3) is 0 Å². The third-order valence-electron chi connectivity index (χ3n) is 5.47. The quantitative estimate of drug-likeness (QED) is 0.873. The molecule has 1 aromatic heterocycles. The Balaban J connectivity index is 1.51. The van der Waals surface area contributed by atoms with E-state index < -0.39 is 5.60 Å². The minimum atomic E-state index is -0.550. The van der Waals surface area contributed by atoms with Crippen LogP contribution in [-0.4, -0.2) is 72.5 Å². The molecule has 6 nitrogen and oxygen atoms in total. The van der Waals surface area contributed by atoms with Gasteiger partial charge in [-0.3, -0.25) is 0 Å². The maximum absolute atomic E-state index is 10.7. The van der Waals surface area contributed by atoms with E-state index in [-0.39, 0.29) is 0 Å². The van der Waals surface area contributed by atoms with Gasteiger partial charge in [0.05, 0.1) is 5.60 Å². The zero-order valence-electron chi connectivity index (χ0n) is 15.9. The highest BCUT2D eigenvalue weighted by Crippen LogP contribution is 2.26. The Morgan fingerprint density at radius 1 is 1.24 bits per heavy atom. The van der Waals surface area contributed by atoms with Gasteiger partial charge in [-0.1, -0.05) is 0 Å². The lowest BCUT2D eigenvalue weighted by Gasteiger charge is -2.39. The molecular weight excluding hydrogens is 316 g/mol. The van der Waals surface area contributed by atoms with Crippen molar-refractivity contribution in [3.05, 3.63) is 17.6 Å². The molecule has 0 saturated carbocycles. The first-order valence-electron chi connectivity index (χ1n) is 9.48. The highest BCUT2D eigenvalue weighted by atomic mass is 16.5. The van der Waals surface area contributed by atoms with Crippen molar-refractivity contribution in [3.8, 4) is 0 Å². The normalized spacial score (nSPS) is 22.1. The molecule has 0 atom stereocenters. The fourth-order valence-electron chi connectivity index (χ4n) is 3.87. The van der Waals surface area contributed by atoms with Crippen LogP contribution in [0.2, 0.25) is 0 Å². The van der Waals surface area contributed by atoms with Gasteiger partial charge in [0.15, 0.2) is 0 Å². The Kier molecular flexibility index (Phi) is 5.92. The first-order valence-corrected chi connectivity index (χ1v) is 9.48. The summed E-state index contributed by atoms with van der Waals surface area (Å²) in [7, 11) is 4.04. The van der Waals surface area contributed by atoms with Crippen LogP contribution in [0.1, 0.15) is 37.2 Å². The number of rotatable bonds is 5. The lowest BCUT2D eigenvalue weighted by molar-refractivity contribution is -0.0830. The summed E-state index contributed by atoms with van der Waals surface area (Å²) in [5.74, 6) is 2.59. The van der Waals surface area contributed by atoms with Gasteiger partial charge in [-0.15, -0.1) is 0 Å². The second kappa shape index (κ2) is 7.98. The van der Waals surface area contributed by atoms with Gasteiger partial charge in [0.25, 0.3) is 0 Å². The van der Waals surface area contributed by atoms with Gasteiger partial charge in [0, 0.05) is 64.9 Å². The smallest absolute Gasteiger partial charge is 0.131 e. The molecule has 140 valence electrons. The van der Waals surface area contributed by atoms with E-state index in [0.29, 0.717) is 19.1 Å². The average molecular weight is 348 g/mol. The standard InChI is InChI=1S/C19H32N4O2/c1-15-12-18(22(2)3)21-17(20-15)13-16-4-8-23(9-5-16)14-19(24)6-10-25-11-7-19/h12,16,24H,4-11,13-14H2,1-3H3. The minimum Gasteiger partial charge on any atom is -0.388 e. The lowest BCUT2D eigenvalue weighted by atomic mass is 9.89. The molecule has 25 heavy (non-hydrogen) atoms. The predicted octanol–water partition coefficient (Wildman–Crippen LogP) is 1.65. The maximum atomic E-state index is 10.7. The molecule has 2 saturated heterocycles. The fourth-order valence-corrected chi connectivity index (χ4v) is 3.87. The number of β-amino-alcohol motifs (C(OH)–C–C–N with tert-alkyl or cyclic N) is 1. The summed E-state index contributed by atoms with van der Waals surface area (Å²) < 4.78 is 5.38. The van der Waals surface area contributed by atoms with E-state index in [1.807, 2.05) is 32.0 Å². The molecule has 0 bridgehead atoms. The average Bonchev–Trinajstić information content (AvgIpc) is 2.56. The van der Waals surface area contributed by atoms with Crippen LogP contribution < -0.4 is 4.90 Å². The highest BCUT2D eigenvalue weighted by Gasteiger charge is 2.33. The Labute approximate surface area is 151 Å². The minimum absolute atomic E-state index is 0.550. The second-order valence-corrected chi connectivity index (χ2v) is 7.94. The van der Waals surface area contributed by atoms with E-state index >= 15 is 0 Å². The fraction of sp³-hybridized carbons (Fsp3) is 0.789. The summed E-state index contributed by atoms with van der Waals surface area (Å²) in [6.45, 7) is 6.31. The third-order valence-corrected chi connectivity index (χ3v) is 5.47. The molecular formula is C19H32N4O2. The summed E-state index contributed by atoms with van der Waals surface area (Å²) in [6.07, 6.45) is 4.78. The predicted molar refractivity (Wildman–Crippen MR) is 99.0 cm³/mol. The van der Waals surface area contributed by atoms with Crippen LogP contribution in [0.4, 0.5) is 5.82 Å². The van der Waals surface area contributed by atoms with E-state index in [1.54, 1.807) is 0 Å². The molecule has 0 spiro atoms. The topological polar surface area (TPSA) is 61.7 Å². The molecule has 3 rings (SSSR count). The van der Waals surface area contributed by atoms with Crippen LogP contribution >= 0.6 is 0 Å². The number of anilines is 1. The summed E-state index contributed by atoms with van der Waals surface area (Å²) in [5, 5.41) is 10.7. The molecule has 0 amide bonds. The number of aryl methyl sites for hydroxylation is 1. The number of aromatic nitrogens is 2. The zero-order valence-corrected chi connectivity index (χ0v) is 15.9. The van der Waals surface area contributed by atoms with Crippen LogP contribution in [0.15, 0.2) is 6.07 Å². The van der Waals surface area contributed by atoms with Crippen LogP contribution in [0.3, 0.4) is 0 Å². The largest absolute Gasteiger partial charge is 0.388 e. The summed E-state index contributed by atoms with van der Waals surface area (Å²) in [5.41, 5.74) is 0.485. The molecule has 3 heterocycles. The number of aliphatic hydroxyl groups is 1. The SMILES string of the molecule is Cc1cc(N(C)C)nc(CC2CCN(CC3(O)CCOCC3)CC2)n1. The van der Waals surface area contributed by atoms with Crippen LogP contribution in [0, 0.1) is 12.8 Å². The third kappa shape index (κ3) is 5.12. The molecule has 1 aromatic rings. The van der Waals surface area contributed by atoms with Gasteiger partial charge in [-0.2, -0.15) is 0 Å². The second-order valence-electron chi connectivity index (χ2n) is 7.94. The molecule has 6 heteroatoms. The number of piperidine rings is 1.